The summed E-state index contributed by atoms with van der Waals surface area (Å²) in [7, 11) is 0. The van der Waals surface area contributed by atoms with Crippen molar-refractivity contribution in [1.29, 1.82) is 0 Å². The lowest BCUT2D eigenvalue weighted by Gasteiger charge is -2.29. The van der Waals surface area contributed by atoms with E-state index >= 15 is 0 Å². The molecule has 2 N–H and O–H groups in total. The van der Waals surface area contributed by atoms with Gasteiger partial charge in [0.1, 0.15) is 5.75 Å². The first-order valence-electron chi connectivity index (χ1n) is 7.45. The van der Waals surface area contributed by atoms with Crippen molar-refractivity contribution in [3.8, 4) is 5.75 Å². The van der Waals surface area contributed by atoms with Crippen LogP contribution in [0.15, 0.2) is 24.3 Å². The molecule has 0 bridgehead atoms. The van der Waals surface area contributed by atoms with Gasteiger partial charge < -0.3 is 15.4 Å². The maximum Gasteiger partial charge on any atom is 0.255 e. The van der Waals surface area contributed by atoms with Gasteiger partial charge in [0.2, 0.25) is 0 Å². The Balaban J connectivity index is 0.00000220. The number of carbonyl (C=O) groups excluding carboxylic acids is 1. The Morgan fingerprint density at radius 3 is 2.90 bits per heavy atom. The molecule has 0 saturated carbocycles. The number of nitrogens with one attached hydrogen (secondary N) is 2. The molecule has 1 fully saturated rings. The lowest BCUT2D eigenvalue weighted by Crippen LogP contribution is -2.44. The average Bonchev–Trinajstić information content (AvgIpc) is 2.49. The number of hydrogen-bond donors (Lipinski definition) is 2. The highest BCUT2D eigenvalue weighted by Crippen LogP contribution is 2.19. The second-order valence-corrected chi connectivity index (χ2v) is 5.30. The number of halogens is 1. The lowest BCUT2D eigenvalue weighted by atomic mass is 9.92. The van der Waals surface area contributed by atoms with Crippen LogP contribution in [0.1, 0.15) is 37.0 Å². The van der Waals surface area contributed by atoms with Gasteiger partial charge in [-0.2, -0.15) is 0 Å². The summed E-state index contributed by atoms with van der Waals surface area (Å²) in [5, 5.41) is 6.49. The van der Waals surface area contributed by atoms with Gasteiger partial charge in [-0.1, -0.05) is 12.1 Å². The minimum Gasteiger partial charge on any atom is -0.493 e. The van der Waals surface area contributed by atoms with E-state index in [4.69, 9.17) is 4.74 Å². The molecule has 1 heterocycles. The van der Waals surface area contributed by atoms with Crippen molar-refractivity contribution >= 4 is 18.3 Å². The topological polar surface area (TPSA) is 50.4 Å². The fourth-order valence-electron chi connectivity index (χ4n) is 2.64. The van der Waals surface area contributed by atoms with Gasteiger partial charge in [-0.3, -0.25) is 4.79 Å². The molecule has 1 aliphatic rings. The van der Waals surface area contributed by atoms with Crippen LogP contribution in [-0.2, 0) is 0 Å². The summed E-state index contributed by atoms with van der Waals surface area (Å²) < 4.78 is 5.51. The average molecular weight is 313 g/mol. The summed E-state index contributed by atoms with van der Waals surface area (Å²) in [6.07, 6.45) is 2.35. The van der Waals surface area contributed by atoms with Gasteiger partial charge in [-0.05, 0) is 57.8 Å². The number of ether oxygens (including phenoxy) is 1. The first-order chi connectivity index (χ1) is 9.72. The van der Waals surface area contributed by atoms with Crippen LogP contribution in [-0.4, -0.2) is 31.6 Å². The van der Waals surface area contributed by atoms with Crippen LogP contribution in [0.5, 0.6) is 5.75 Å². The summed E-state index contributed by atoms with van der Waals surface area (Å²) in [5.41, 5.74) is 0.616. The van der Waals surface area contributed by atoms with Crippen LogP contribution in [0.2, 0.25) is 0 Å². The van der Waals surface area contributed by atoms with Crippen molar-refractivity contribution in [3.05, 3.63) is 29.8 Å². The van der Waals surface area contributed by atoms with Crippen LogP contribution in [0, 0.1) is 5.92 Å². The van der Waals surface area contributed by atoms with Gasteiger partial charge >= 0.3 is 0 Å². The number of carbonyl (C=O) groups is 1. The van der Waals surface area contributed by atoms with Crippen LogP contribution in [0.3, 0.4) is 0 Å². The van der Waals surface area contributed by atoms with Gasteiger partial charge in [0.25, 0.3) is 5.91 Å². The molecule has 1 aromatic carbocycles. The summed E-state index contributed by atoms with van der Waals surface area (Å²) in [5.74, 6) is 1.11. The second-order valence-electron chi connectivity index (χ2n) is 5.30. The zero-order chi connectivity index (χ0) is 14.4. The van der Waals surface area contributed by atoms with Crippen LogP contribution < -0.4 is 15.4 Å². The Bertz CT molecular complexity index is 448. The Kier molecular flexibility index (Phi) is 7.54. The van der Waals surface area contributed by atoms with E-state index < -0.39 is 0 Å². The van der Waals surface area contributed by atoms with Crippen LogP contribution in [0.4, 0.5) is 0 Å². The SMILES string of the molecule is CCOc1ccccc1C(=O)NC(C)C1CCCNC1.Cl. The van der Waals surface area contributed by atoms with Gasteiger partial charge in [-0.15, -0.1) is 12.4 Å². The second kappa shape index (κ2) is 8.90. The summed E-state index contributed by atoms with van der Waals surface area (Å²) in [6.45, 7) is 6.63. The van der Waals surface area contributed by atoms with Gasteiger partial charge in [0.15, 0.2) is 0 Å². The van der Waals surface area contributed by atoms with Crippen molar-refractivity contribution in [2.75, 3.05) is 19.7 Å². The maximum absolute atomic E-state index is 12.4. The number of para-hydroxylation sites is 1. The van der Waals surface area contributed by atoms with E-state index in [1.165, 1.54) is 12.8 Å². The molecule has 1 amide bonds. The van der Waals surface area contributed by atoms with E-state index in [0.29, 0.717) is 23.8 Å². The minimum absolute atomic E-state index is 0. The first kappa shape index (κ1) is 17.8. The number of amides is 1. The summed E-state index contributed by atoms with van der Waals surface area (Å²) in [4.78, 5) is 12.4. The zero-order valence-corrected chi connectivity index (χ0v) is 13.5. The maximum atomic E-state index is 12.4. The predicted octanol–water partition coefficient (Wildman–Crippen LogP) is 2.63. The summed E-state index contributed by atoms with van der Waals surface area (Å²) in [6, 6.07) is 7.57. The van der Waals surface area contributed by atoms with Crippen molar-refractivity contribution < 1.29 is 9.53 Å². The quantitative estimate of drug-likeness (QED) is 0.879. The molecule has 2 atom stereocenters. The summed E-state index contributed by atoms with van der Waals surface area (Å²) >= 11 is 0. The molecule has 1 aromatic rings. The molecular weight excluding hydrogens is 288 g/mol. The molecule has 2 unspecified atom stereocenters. The van der Waals surface area contributed by atoms with E-state index in [-0.39, 0.29) is 24.4 Å². The molecule has 118 valence electrons. The van der Waals surface area contributed by atoms with Crippen molar-refractivity contribution in [3.63, 3.8) is 0 Å². The molecule has 0 spiro atoms. The molecule has 0 aliphatic carbocycles. The van der Waals surface area contributed by atoms with Gasteiger partial charge in [0, 0.05) is 6.04 Å². The third kappa shape index (κ3) is 4.90. The Morgan fingerprint density at radius 1 is 1.48 bits per heavy atom. The van der Waals surface area contributed by atoms with E-state index in [1.54, 1.807) is 0 Å². The fraction of sp³-hybridized carbons (Fsp3) is 0.562. The standard InChI is InChI=1S/C16H24N2O2.ClH/c1-3-20-15-9-5-4-8-14(15)16(19)18-12(2)13-7-6-10-17-11-13;/h4-5,8-9,12-13,17H,3,6-7,10-11H2,1-2H3,(H,18,19);1H. The molecule has 2 rings (SSSR count). The van der Waals surface area contributed by atoms with E-state index in [1.807, 2.05) is 31.2 Å². The van der Waals surface area contributed by atoms with E-state index in [0.717, 1.165) is 13.1 Å². The number of hydrogen-bond acceptors (Lipinski definition) is 3. The minimum atomic E-state index is -0.0490. The normalized spacial score (nSPS) is 19.2. The predicted molar refractivity (Wildman–Crippen MR) is 87.4 cm³/mol. The Morgan fingerprint density at radius 2 is 2.24 bits per heavy atom. The van der Waals surface area contributed by atoms with Crippen LogP contribution >= 0.6 is 12.4 Å². The highest BCUT2D eigenvalue weighted by atomic mass is 35.5. The molecular formula is C16H25ClN2O2. The number of rotatable bonds is 5. The Labute approximate surface area is 133 Å². The van der Waals surface area contributed by atoms with Crippen LogP contribution in [0.25, 0.3) is 0 Å². The third-order valence-electron chi connectivity index (χ3n) is 3.83. The highest BCUT2D eigenvalue weighted by molar-refractivity contribution is 5.97. The molecule has 4 nitrogen and oxygen atoms in total. The third-order valence-corrected chi connectivity index (χ3v) is 3.83. The van der Waals surface area contributed by atoms with E-state index in [9.17, 15) is 4.79 Å². The molecule has 1 aliphatic heterocycles. The number of piperidine rings is 1. The molecule has 1 saturated heterocycles. The lowest BCUT2D eigenvalue weighted by molar-refractivity contribution is 0.0918. The number of benzene rings is 1. The van der Waals surface area contributed by atoms with E-state index in [2.05, 4.69) is 17.6 Å². The first-order valence-corrected chi connectivity index (χ1v) is 7.45. The van der Waals surface area contributed by atoms with Crippen molar-refractivity contribution in [2.24, 2.45) is 5.92 Å². The molecule has 0 aromatic heterocycles. The Hall–Kier alpha value is -1.26. The van der Waals surface area contributed by atoms with Crippen molar-refractivity contribution in [2.45, 2.75) is 32.7 Å². The molecule has 5 heteroatoms. The smallest absolute Gasteiger partial charge is 0.255 e. The largest absolute Gasteiger partial charge is 0.493 e. The fourth-order valence-corrected chi connectivity index (χ4v) is 2.64. The monoisotopic (exact) mass is 312 g/mol. The van der Waals surface area contributed by atoms with Gasteiger partial charge in [0.05, 0.1) is 12.2 Å². The van der Waals surface area contributed by atoms with Gasteiger partial charge in [-0.25, -0.2) is 0 Å². The zero-order valence-electron chi connectivity index (χ0n) is 12.7. The highest BCUT2D eigenvalue weighted by Gasteiger charge is 2.22. The molecule has 21 heavy (non-hydrogen) atoms. The van der Waals surface area contributed by atoms with Crippen molar-refractivity contribution in [1.82, 2.24) is 10.6 Å². The molecule has 0 radical (unpaired) electrons.